The molecule has 7 heteroatoms. The monoisotopic (exact) mass is 274 g/mol. The number of aromatic nitrogens is 1. The molecule has 19 heavy (non-hydrogen) atoms. The Morgan fingerprint density at radius 2 is 2.21 bits per heavy atom. The summed E-state index contributed by atoms with van der Waals surface area (Å²) in [7, 11) is 0. The lowest BCUT2D eigenvalue weighted by molar-refractivity contribution is -0.142. The van der Waals surface area contributed by atoms with Crippen molar-refractivity contribution in [2.45, 2.75) is 19.5 Å². The van der Waals surface area contributed by atoms with E-state index in [1.807, 2.05) is 0 Å². The van der Waals surface area contributed by atoms with Gasteiger partial charge < -0.3 is 10.5 Å². The van der Waals surface area contributed by atoms with Crippen molar-refractivity contribution < 1.29 is 22.7 Å². The molecular formula is C12H13F3N2O2. The molecule has 0 amide bonds. The van der Waals surface area contributed by atoms with E-state index in [-0.39, 0.29) is 18.6 Å². The van der Waals surface area contributed by atoms with Gasteiger partial charge >= 0.3 is 12.1 Å². The summed E-state index contributed by atoms with van der Waals surface area (Å²) in [6, 6.07) is 0.879. The predicted molar refractivity (Wildman–Crippen MR) is 63.9 cm³/mol. The van der Waals surface area contributed by atoms with Crippen molar-refractivity contribution in [1.82, 2.24) is 4.98 Å². The molecule has 0 aliphatic carbocycles. The lowest BCUT2D eigenvalue weighted by Crippen LogP contribution is -2.10. The van der Waals surface area contributed by atoms with Crippen LogP contribution in [0.4, 0.5) is 19.0 Å². The first-order valence-electron chi connectivity index (χ1n) is 5.49. The van der Waals surface area contributed by atoms with Gasteiger partial charge in [-0.1, -0.05) is 12.2 Å². The van der Waals surface area contributed by atoms with Crippen LogP contribution in [0.3, 0.4) is 0 Å². The van der Waals surface area contributed by atoms with Gasteiger partial charge in [0.1, 0.15) is 5.82 Å². The van der Waals surface area contributed by atoms with E-state index >= 15 is 0 Å². The minimum Gasteiger partial charge on any atom is -0.466 e. The number of ether oxygens (including phenoxy) is 1. The van der Waals surface area contributed by atoms with Crippen LogP contribution in [0.2, 0.25) is 0 Å². The number of alkyl halides is 3. The largest absolute Gasteiger partial charge is 0.466 e. The second-order valence-electron chi connectivity index (χ2n) is 3.61. The molecule has 0 bridgehead atoms. The molecule has 2 N–H and O–H groups in total. The van der Waals surface area contributed by atoms with Crippen LogP contribution >= 0.6 is 0 Å². The fourth-order valence-electron chi connectivity index (χ4n) is 1.32. The van der Waals surface area contributed by atoms with Gasteiger partial charge in [0, 0.05) is 6.20 Å². The summed E-state index contributed by atoms with van der Waals surface area (Å²) in [6.45, 7) is 1.93. The third kappa shape index (κ3) is 4.61. The van der Waals surface area contributed by atoms with Crippen molar-refractivity contribution in [3.8, 4) is 0 Å². The van der Waals surface area contributed by atoms with Crippen LogP contribution in [0, 0.1) is 0 Å². The van der Waals surface area contributed by atoms with Crippen LogP contribution in [-0.2, 0) is 15.7 Å². The molecule has 1 rings (SSSR count). The van der Waals surface area contributed by atoms with Crippen molar-refractivity contribution in [2.75, 3.05) is 12.3 Å². The molecule has 0 aliphatic heterocycles. The fourth-order valence-corrected chi connectivity index (χ4v) is 1.32. The van der Waals surface area contributed by atoms with Crippen LogP contribution in [0.5, 0.6) is 0 Å². The van der Waals surface area contributed by atoms with Crippen LogP contribution in [0.25, 0.3) is 6.08 Å². The average Bonchev–Trinajstić information content (AvgIpc) is 2.30. The number of rotatable bonds is 4. The Kier molecular flexibility index (Phi) is 4.91. The summed E-state index contributed by atoms with van der Waals surface area (Å²) in [4.78, 5) is 14.5. The summed E-state index contributed by atoms with van der Waals surface area (Å²) < 4.78 is 42.4. The number of nitrogen functional groups attached to an aromatic ring is 1. The van der Waals surface area contributed by atoms with E-state index in [4.69, 9.17) is 5.73 Å². The van der Waals surface area contributed by atoms with E-state index in [9.17, 15) is 18.0 Å². The van der Waals surface area contributed by atoms with E-state index in [2.05, 4.69) is 9.72 Å². The molecule has 1 heterocycles. The average molecular weight is 274 g/mol. The predicted octanol–water partition coefficient (Wildman–Crippen LogP) is 2.65. The third-order valence-corrected chi connectivity index (χ3v) is 2.15. The number of pyridine rings is 1. The Labute approximate surface area is 108 Å². The Hall–Kier alpha value is -2.05. The standard InChI is InChI=1S/C12H13F3N2O2/c1-2-19-10(18)5-3-4-8-6-9(12(13,14)15)11(16)17-7-8/h3-4,6-7H,2,5H2,1H3,(H2,16,17). The zero-order valence-electron chi connectivity index (χ0n) is 10.2. The molecule has 1 aromatic heterocycles. The van der Waals surface area contributed by atoms with Crippen LogP contribution in [0.15, 0.2) is 18.3 Å². The van der Waals surface area contributed by atoms with Gasteiger partial charge in [-0.15, -0.1) is 0 Å². The maximum absolute atomic E-state index is 12.6. The fraction of sp³-hybridized carbons (Fsp3) is 0.333. The summed E-state index contributed by atoms with van der Waals surface area (Å²) >= 11 is 0. The molecule has 0 atom stereocenters. The number of carbonyl (C=O) groups excluding carboxylic acids is 1. The highest BCUT2D eigenvalue weighted by Gasteiger charge is 2.33. The van der Waals surface area contributed by atoms with Gasteiger partial charge in [0.15, 0.2) is 0 Å². The molecule has 1 aromatic rings. The van der Waals surface area contributed by atoms with E-state index in [1.54, 1.807) is 6.92 Å². The van der Waals surface area contributed by atoms with Gasteiger partial charge in [-0.25, -0.2) is 4.98 Å². The Morgan fingerprint density at radius 1 is 1.53 bits per heavy atom. The van der Waals surface area contributed by atoms with Crippen molar-refractivity contribution in [3.63, 3.8) is 0 Å². The van der Waals surface area contributed by atoms with Gasteiger partial charge in [0.05, 0.1) is 18.6 Å². The maximum Gasteiger partial charge on any atom is 0.419 e. The molecule has 0 radical (unpaired) electrons. The van der Waals surface area contributed by atoms with E-state index < -0.39 is 23.5 Å². The smallest absolute Gasteiger partial charge is 0.419 e. The Bertz CT molecular complexity index is 484. The zero-order valence-corrected chi connectivity index (χ0v) is 10.2. The summed E-state index contributed by atoms with van der Waals surface area (Å²) in [5.74, 6) is -1.02. The molecule has 0 aromatic carbocycles. The van der Waals surface area contributed by atoms with Gasteiger partial charge in [0.2, 0.25) is 0 Å². The summed E-state index contributed by atoms with van der Waals surface area (Å²) in [6.07, 6.45) is -0.599. The normalized spacial score (nSPS) is 11.8. The molecule has 4 nitrogen and oxygen atoms in total. The number of hydrogen-bond donors (Lipinski definition) is 1. The second-order valence-corrected chi connectivity index (χ2v) is 3.61. The van der Waals surface area contributed by atoms with Crippen molar-refractivity contribution in [1.29, 1.82) is 0 Å². The van der Waals surface area contributed by atoms with Crippen molar-refractivity contribution in [2.24, 2.45) is 0 Å². The maximum atomic E-state index is 12.6. The van der Waals surface area contributed by atoms with Crippen molar-refractivity contribution in [3.05, 3.63) is 29.5 Å². The van der Waals surface area contributed by atoms with Gasteiger partial charge in [-0.05, 0) is 18.6 Å². The highest BCUT2D eigenvalue weighted by atomic mass is 19.4. The third-order valence-electron chi connectivity index (χ3n) is 2.15. The number of esters is 1. The highest BCUT2D eigenvalue weighted by Crippen LogP contribution is 2.33. The Balaban J connectivity index is 2.80. The molecular weight excluding hydrogens is 261 g/mol. The quantitative estimate of drug-likeness (QED) is 0.857. The first-order valence-corrected chi connectivity index (χ1v) is 5.49. The minimum absolute atomic E-state index is 0.0143. The molecule has 0 unspecified atom stereocenters. The topological polar surface area (TPSA) is 65.2 Å². The molecule has 0 spiro atoms. The van der Waals surface area contributed by atoms with Crippen LogP contribution in [0.1, 0.15) is 24.5 Å². The minimum atomic E-state index is -4.55. The number of nitrogens with zero attached hydrogens (tertiary/aromatic N) is 1. The number of halogens is 3. The van der Waals surface area contributed by atoms with Gasteiger partial charge in [-0.3, -0.25) is 4.79 Å². The summed E-state index contributed by atoms with van der Waals surface area (Å²) in [5, 5.41) is 0. The lowest BCUT2D eigenvalue weighted by atomic mass is 10.1. The van der Waals surface area contributed by atoms with Crippen LogP contribution in [-0.4, -0.2) is 17.6 Å². The Morgan fingerprint density at radius 3 is 2.79 bits per heavy atom. The molecule has 0 fully saturated rings. The zero-order chi connectivity index (χ0) is 14.5. The summed E-state index contributed by atoms with van der Waals surface area (Å²) in [5.41, 5.74) is 4.38. The first kappa shape index (κ1) is 15.0. The molecule has 0 saturated heterocycles. The van der Waals surface area contributed by atoms with E-state index in [1.165, 1.54) is 18.3 Å². The van der Waals surface area contributed by atoms with Gasteiger partial charge in [-0.2, -0.15) is 13.2 Å². The second kappa shape index (κ2) is 6.21. The van der Waals surface area contributed by atoms with Crippen LogP contribution < -0.4 is 5.73 Å². The number of nitrogens with two attached hydrogens (primary N) is 1. The lowest BCUT2D eigenvalue weighted by Gasteiger charge is -2.09. The first-order chi connectivity index (χ1) is 8.84. The molecule has 104 valence electrons. The number of anilines is 1. The van der Waals surface area contributed by atoms with Crippen molar-refractivity contribution >= 4 is 17.9 Å². The molecule has 0 aliphatic rings. The SMILES string of the molecule is CCOC(=O)CC=Cc1cnc(N)c(C(F)(F)F)c1. The number of carbonyl (C=O) groups is 1. The van der Waals surface area contributed by atoms with E-state index in [0.717, 1.165) is 6.07 Å². The highest BCUT2D eigenvalue weighted by molar-refractivity contribution is 5.72. The van der Waals surface area contributed by atoms with Gasteiger partial charge in [0.25, 0.3) is 0 Å². The molecule has 0 saturated carbocycles. The van der Waals surface area contributed by atoms with E-state index in [0.29, 0.717) is 0 Å². The number of hydrogen-bond acceptors (Lipinski definition) is 4.